The van der Waals surface area contributed by atoms with Crippen LogP contribution in [0.2, 0.25) is 0 Å². The van der Waals surface area contributed by atoms with Gasteiger partial charge in [0.05, 0.1) is 13.0 Å². The topological polar surface area (TPSA) is 46.5 Å². The Hall–Kier alpha value is -0.570. The molecule has 0 radical (unpaired) electrons. The molecule has 0 aliphatic rings. The molecule has 0 saturated carbocycles. The third-order valence-electron chi connectivity index (χ3n) is 6.19. The second-order valence-electron chi connectivity index (χ2n) is 9.38. The van der Waals surface area contributed by atoms with E-state index in [9.17, 15) is 4.79 Å². The van der Waals surface area contributed by atoms with Gasteiger partial charge in [0, 0.05) is 0 Å². The van der Waals surface area contributed by atoms with Crippen LogP contribution in [0.25, 0.3) is 0 Å². The Bertz CT molecular complexity index is 334. The molecular weight excluding hydrogens is 360 g/mol. The lowest BCUT2D eigenvalue weighted by molar-refractivity contribution is -0.147. The first-order valence-electron chi connectivity index (χ1n) is 12.8. The molecule has 0 aliphatic heterocycles. The van der Waals surface area contributed by atoms with Crippen molar-refractivity contribution in [2.75, 3.05) is 13.2 Å². The van der Waals surface area contributed by atoms with Crippen molar-refractivity contribution < 1.29 is 14.6 Å². The van der Waals surface area contributed by atoms with Crippen molar-refractivity contribution in [2.24, 2.45) is 5.41 Å². The molecular formula is C26H52O3. The van der Waals surface area contributed by atoms with E-state index in [0.717, 1.165) is 12.8 Å². The highest BCUT2D eigenvalue weighted by Crippen LogP contribution is 2.35. The van der Waals surface area contributed by atoms with Crippen LogP contribution in [0.1, 0.15) is 143 Å². The maximum Gasteiger partial charge on any atom is 0.306 e. The molecule has 0 spiro atoms. The van der Waals surface area contributed by atoms with Crippen LogP contribution in [0.4, 0.5) is 0 Å². The number of aliphatic hydroxyl groups excluding tert-OH is 1. The van der Waals surface area contributed by atoms with E-state index < -0.39 is 0 Å². The second kappa shape index (κ2) is 20.7. The van der Waals surface area contributed by atoms with Gasteiger partial charge in [-0.05, 0) is 18.3 Å². The van der Waals surface area contributed by atoms with Crippen LogP contribution in [0.5, 0.6) is 0 Å². The Morgan fingerprint density at radius 1 is 0.690 bits per heavy atom. The van der Waals surface area contributed by atoms with Gasteiger partial charge in [0.1, 0.15) is 6.61 Å². The van der Waals surface area contributed by atoms with Gasteiger partial charge in [-0.1, -0.05) is 124 Å². The van der Waals surface area contributed by atoms with Crippen molar-refractivity contribution in [3.8, 4) is 0 Å². The van der Waals surface area contributed by atoms with Crippen molar-refractivity contribution in [3.63, 3.8) is 0 Å². The van der Waals surface area contributed by atoms with Crippen molar-refractivity contribution in [2.45, 2.75) is 143 Å². The van der Waals surface area contributed by atoms with Gasteiger partial charge in [0.25, 0.3) is 0 Å². The van der Waals surface area contributed by atoms with Gasteiger partial charge in [-0.3, -0.25) is 4.79 Å². The molecule has 174 valence electrons. The maximum absolute atomic E-state index is 12.2. The Balaban J connectivity index is 4.13. The van der Waals surface area contributed by atoms with E-state index in [1.165, 1.54) is 103 Å². The van der Waals surface area contributed by atoms with Crippen LogP contribution in [-0.2, 0) is 9.53 Å². The lowest BCUT2D eigenvalue weighted by atomic mass is 9.77. The van der Waals surface area contributed by atoms with Gasteiger partial charge in [0.2, 0.25) is 0 Å². The van der Waals surface area contributed by atoms with Crippen LogP contribution in [0.3, 0.4) is 0 Å². The number of rotatable bonds is 22. The fourth-order valence-corrected chi connectivity index (χ4v) is 4.23. The molecule has 0 bridgehead atoms. The van der Waals surface area contributed by atoms with Gasteiger partial charge < -0.3 is 9.84 Å². The molecule has 3 heteroatoms. The van der Waals surface area contributed by atoms with Crippen molar-refractivity contribution >= 4 is 5.97 Å². The van der Waals surface area contributed by atoms with E-state index in [0.29, 0.717) is 6.42 Å². The van der Waals surface area contributed by atoms with Crippen LogP contribution < -0.4 is 0 Å². The first-order valence-corrected chi connectivity index (χ1v) is 12.8. The highest BCUT2D eigenvalue weighted by Gasteiger charge is 2.27. The minimum absolute atomic E-state index is 0.0525. The molecule has 0 fully saturated rings. The molecule has 0 atom stereocenters. The molecule has 0 aliphatic carbocycles. The van der Waals surface area contributed by atoms with E-state index >= 15 is 0 Å². The molecule has 3 nitrogen and oxygen atoms in total. The number of esters is 1. The molecule has 29 heavy (non-hydrogen) atoms. The van der Waals surface area contributed by atoms with E-state index in [2.05, 4.69) is 20.8 Å². The van der Waals surface area contributed by atoms with Gasteiger partial charge in [-0.25, -0.2) is 0 Å². The quantitative estimate of drug-likeness (QED) is 0.145. The fourth-order valence-electron chi connectivity index (χ4n) is 4.23. The Morgan fingerprint density at radius 2 is 1.07 bits per heavy atom. The molecule has 0 saturated heterocycles. The third kappa shape index (κ3) is 19.2. The summed E-state index contributed by atoms with van der Waals surface area (Å²) in [5.41, 5.74) is 0.0525. The predicted octanol–water partition coefficient (Wildman–Crippen LogP) is 7.98. The predicted molar refractivity (Wildman–Crippen MR) is 125 cm³/mol. The average molecular weight is 413 g/mol. The molecule has 0 aromatic rings. The first kappa shape index (κ1) is 28.4. The van der Waals surface area contributed by atoms with E-state index in [1.807, 2.05) is 0 Å². The normalized spacial score (nSPS) is 11.7. The van der Waals surface area contributed by atoms with Crippen LogP contribution in [0.15, 0.2) is 0 Å². The first-order chi connectivity index (χ1) is 14.1. The monoisotopic (exact) mass is 412 g/mol. The molecule has 0 rings (SSSR count). The van der Waals surface area contributed by atoms with Crippen molar-refractivity contribution in [1.82, 2.24) is 0 Å². The summed E-state index contributed by atoms with van der Waals surface area (Å²) in [5.74, 6) is -0.138. The largest absolute Gasteiger partial charge is 0.463 e. The zero-order valence-corrected chi connectivity index (χ0v) is 20.1. The van der Waals surface area contributed by atoms with Gasteiger partial charge in [0.15, 0.2) is 0 Å². The van der Waals surface area contributed by atoms with Crippen molar-refractivity contribution in [1.29, 1.82) is 0 Å². The number of ether oxygens (including phenoxy) is 1. The number of carbonyl (C=O) groups excluding carboxylic acids is 1. The summed E-state index contributed by atoms with van der Waals surface area (Å²) in [6.07, 6.45) is 23.9. The minimum Gasteiger partial charge on any atom is -0.463 e. The maximum atomic E-state index is 12.2. The van der Waals surface area contributed by atoms with Gasteiger partial charge in [-0.15, -0.1) is 0 Å². The smallest absolute Gasteiger partial charge is 0.306 e. The third-order valence-corrected chi connectivity index (χ3v) is 6.19. The van der Waals surface area contributed by atoms with Gasteiger partial charge >= 0.3 is 5.97 Å². The summed E-state index contributed by atoms with van der Waals surface area (Å²) in [5, 5.41) is 8.89. The molecule has 0 heterocycles. The lowest BCUT2D eigenvalue weighted by Gasteiger charge is -2.29. The highest BCUT2D eigenvalue weighted by atomic mass is 16.5. The molecule has 0 unspecified atom stereocenters. The highest BCUT2D eigenvalue weighted by molar-refractivity contribution is 5.70. The number of unbranched alkanes of at least 4 members (excludes halogenated alkanes) is 14. The van der Waals surface area contributed by atoms with Crippen molar-refractivity contribution in [3.05, 3.63) is 0 Å². The molecule has 0 aromatic carbocycles. The average Bonchev–Trinajstić information content (AvgIpc) is 2.70. The Morgan fingerprint density at radius 3 is 1.45 bits per heavy atom. The van der Waals surface area contributed by atoms with E-state index in [1.54, 1.807) is 0 Å². The summed E-state index contributed by atoms with van der Waals surface area (Å²) >= 11 is 0. The Kier molecular flexibility index (Phi) is 20.3. The summed E-state index contributed by atoms with van der Waals surface area (Å²) < 4.78 is 5.16. The van der Waals surface area contributed by atoms with E-state index in [-0.39, 0.29) is 24.6 Å². The summed E-state index contributed by atoms with van der Waals surface area (Å²) in [4.78, 5) is 12.2. The molecule has 0 aromatic heterocycles. The fraction of sp³-hybridized carbons (Fsp3) is 0.962. The van der Waals surface area contributed by atoms with Crippen LogP contribution >= 0.6 is 0 Å². The number of hydrogen-bond donors (Lipinski definition) is 1. The summed E-state index contributed by atoms with van der Waals surface area (Å²) in [6.45, 7) is 6.84. The minimum atomic E-state index is -0.138. The number of aliphatic hydroxyl groups is 1. The standard InChI is InChI=1S/C26H52O3/c1-4-6-8-10-12-14-16-18-20-26(3,24-25(28)29-23-22-27)21-19-17-15-13-11-9-7-5-2/h27H,4-24H2,1-3H3. The summed E-state index contributed by atoms with van der Waals surface area (Å²) in [6, 6.07) is 0. The van der Waals surface area contributed by atoms with E-state index in [4.69, 9.17) is 9.84 Å². The molecule has 1 N–H and O–H groups in total. The number of hydrogen-bond acceptors (Lipinski definition) is 3. The number of carbonyl (C=O) groups is 1. The van der Waals surface area contributed by atoms with Gasteiger partial charge in [-0.2, -0.15) is 0 Å². The Labute approximate surface area is 182 Å². The van der Waals surface area contributed by atoms with Crippen LogP contribution in [-0.4, -0.2) is 24.3 Å². The lowest BCUT2D eigenvalue weighted by Crippen LogP contribution is -2.23. The molecule has 0 amide bonds. The zero-order valence-electron chi connectivity index (χ0n) is 20.1. The van der Waals surface area contributed by atoms with Crippen LogP contribution in [0, 0.1) is 5.41 Å². The summed E-state index contributed by atoms with van der Waals surface area (Å²) in [7, 11) is 0. The SMILES string of the molecule is CCCCCCCCCCC(C)(CCCCCCCCCC)CC(=O)OCCO. The second-order valence-corrected chi connectivity index (χ2v) is 9.38. The zero-order chi connectivity index (χ0) is 21.6.